The van der Waals surface area contributed by atoms with Crippen LogP contribution < -0.4 is 0 Å². The molecular formula is C24H30O2. The van der Waals surface area contributed by atoms with Crippen molar-refractivity contribution in [1.29, 1.82) is 0 Å². The fraction of sp³-hybridized carbons (Fsp3) is 0.500. The zero-order chi connectivity index (χ0) is 18.3. The molecule has 2 aliphatic rings. The SMILES string of the molecule is Cc1cc(C2(c3ccc(O)c(C)c3)CCC3CCCCC3C2)ccc1O. The summed E-state index contributed by atoms with van der Waals surface area (Å²) in [6.07, 6.45) is 9.12. The summed E-state index contributed by atoms with van der Waals surface area (Å²) >= 11 is 0. The maximum Gasteiger partial charge on any atom is 0.118 e. The van der Waals surface area contributed by atoms with Crippen LogP contribution in [-0.4, -0.2) is 10.2 Å². The second-order valence-electron chi connectivity index (χ2n) is 8.63. The van der Waals surface area contributed by atoms with E-state index >= 15 is 0 Å². The van der Waals surface area contributed by atoms with Crippen molar-refractivity contribution in [3.63, 3.8) is 0 Å². The van der Waals surface area contributed by atoms with Gasteiger partial charge in [0.05, 0.1) is 0 Å². The number of hydrogen-bond acceptors (Lipinski definition) is 2. The van der Waals surface area contributed by atoms with Gasteiger partial charge < -0.3 is 10.2 Å². The van der Waals surface area contributed by atoms with Crippen molar-refractivity contribution < 1.29 is 10.2 Å². The summed E-state index contributed by atoms with van der Waals surface area (Å²) in [5.41, 5.74) is 4.53. The van der Waals surface area contributed by atoms with Crippen LogP contribution in [0.5, 0.6) is 11.5 Å². The lowest BCUT2D eigenvalue weighted by molar-refractivity contribution is 0.125. The second kappa shape index (κ2) is 6.64. The summed E-state index contributed by atoms with van der Waals surface area (Å²) in [6.45, 7) is 3.97. The molecule has 2 aromatic rings. The Labute approximate surface area is 156 Å². The molecule has 0 aromatic heterocycles. The van der Waals surface area contributed by atoms with Crippen LogP contribution in [0, 0.1) is 25.7 Å². The molecule has 0 bridgehead atoms. The predicted octanol–water partition coefficient (Wildman–Crippen LogP) is 5.99. The Kier molecular flexibility index (Phi) is 4.46. The third kappa shape index (κ3) is 2.90. The van der Waals surface area contributed by atoms with Crippen molar-refractivity contribution in [3.8, 4) is 11.5 Å². The van der Waals surface area contributed by atoms with Crippen molar-refractivity contribution in [3.05, 3.63) is 58.7 Å². The van der Waals surface area contributed by atoms with Crippen LogP contribution in [0.15, 0.2) is 36.4 Å². The molecule has 2 atom stereocenters. The van der Waals surface area contributed by atoms with Gasteiger partial charge in [-0.3, -0.25) is 0 Å². The lowest BCUT2D eigenvalue weighted by atomic mass is 9.56. The highest BCUT2D eigenvalue weighted by molar-refractivity contribution is 5.48. The van der Waals surface area contributed by atoms with E-state index in [1.807, 2.05) is 26.0 Å². The molecule has 2 aliphatic carbocycles. The zero-order valence-electron chi connectivity index (χ0n) is 16.0. The lowest BCUT2D eigenvalue weighted by Gasteiger charge is -2.48. The van der Waals surface area contributed by atoms with Gasteiger partial charge in [0.1, 0.15) is 11.5 Å². The van der Waals surface area contributed by atoms with Crippen molar-refractivity contribution in [2.75, 3.05) is 0 Å². The standard InChI is InChI=1S/C24H30O2/c1-16-13-20(7-9-22(16)25)24(21-8-10-23(26)17(2)14-21)12-11-18-5-3-4-6-19(18)15-24/h7-10,13-14,18-19,25-26H,3-6,11-12,15H2,1-2H3. The largest absolute Gasteiger partial charge is 0.508 e. The fourth-order valence-electron chi connectivity index (χ4n) is 5.51. The zero-order valence-corrected chi connectivity index (χ0v) is 16.0. The minimum absolute atomic E-state index is 0.00454. The molecule has 0 radical (unpaired) electrons. The third-order valence-electron chi connectivity index (χ3n) is 7.12. The normalized spacial score (nSPS) is 24.8. The Morgan fingerprint density at radius 3 is 1.85 bits per heavy atom. The Bertz CT molecular complexity index is 756. The summed E-state index contributed by atoms with van der Waals surface area (Å²) in [4.78, 5) is 0. The van der Waals surface area contributed by atoms with Crippen LogP contribution in [0.2, 0.25) is 0 Å². The monoisotopic (exact) mass is 350 g/mol. The average Bonchev–Trinajstić information content (AvgIpc) is 2.65. The minimum atomic E-state index is -0.00454. The first-order valence-electron chi connectivity index (χ1n) is 10.1. The van der Waals surface area contributed by atoms with Crippen LogP contribution in [0.3, 0.4) is 0 Å². The minimum Gasteiger partial charge on any atom is -0.508 e. The van der Waals surface area contributed by atoms with Crippen molar-refractivity contribution >= 4 is 0 Å². The summed E-state index contributed by atoms with van der Waals surface area (Å²) in [5.74, 6) is 2.42. The van der Waals surface area contributed by atoms with Gasteiger partial charge in [0.15, 0.2) is 0 Å². The lowest BCUT2D eigenvalue weighted by Crippen LogP contribution is -2.39. The van der Waals surface area contributed by atoms with E-state index in [1.165, 1.54) is 49.7 Å². The fourth-order valence-corrected chi connectivity index (χ4v) is 5.51. The Morgan fingerprint density at radius 2 is 1.31 bits per heavy atom. The molecule has 2 N–H and O–H groups in total. The number of hydrogen-bond donors (Lipinski definition) is 2. The van der Waals surface area contributed by atoms with Gasteiger partial charge >= 0.3 is 0 Å². The molecule has 2 nitrogen and oxygen atoms in total. The number of benzene rings is 2. The Balaban J connectivity index is 1.83. The van der Waals surface area contributed by atoms with E-state index in [-0.39, 0.29) is 5.41 Å². The molecule has 0 heterocycles. The molecule has 2 unspecified atom stereocenters. The number of fused-ring (bicyclic) bond motifs is 1. The molecule has 2 aromatic carbocycles. The first kappa shape index (κ1) is 17.5. The highest BCUT2D eigenvalue weighted by Gasteiger charge is 2.44. The number of phenolic OH excluding ortho intramolecular Hbond substituents is 2. The number of phenols is 2. The van der Waals surface area contributed by atoms with Gasteiger partial charge in [-0.05, 0) is 79.3 Å². The van der Waals surface area contributed by atoms with Gasteiger partial charge in [0, 0.05) is 5.41 Å². The average molecular weight is 351 g/mol. The molecular weight excluding hydrogens is 320 g/mol. The highest BCUT2D eigenvalue weighted by Crippen LogP contribution is 2.53. The van der Waals surface area contributed by atoms with E-state index in [1.54, 1.807) is 0 Å². The molecule has 0 aliphatic heterocycles. The molecule has 0 amide bonds. The van der Waals surface area contributed by atoms with Gasteiger partial charge in [-0.25, -0.2) is 0 Å². The molecule has 0 saturated heterocycles. The molecule has 138 valence electrons. The summed E-state index contributed by atoms with van der Waals surface area (Å²) in [7, 11) is 0. The van der Waals surface area contributed by atoms with E-state index in [4.69, 9.17) is 0 Å². The summed E-state index contributed by atoms with van der Waals surface area (Å²) in [6, 6.07) is 12.3. The molecule has 2 fully saturated rings. The first-order chi connectivity index (χ1) is 12.5. The smallest absolute Gasteiger partial charge is 0.118 e. The summed E-state index contributed by atoms with van der Waals surface area (Å²) < 4.78 is 0. The second-order valence-corrected chi connectivity index (χ2v) is 8.63. The van der Waals surface area contributed by atoms with Gasteiger partial charge in [-0.2, -0.15) is 0 Å². The van der Waals surface area contributed by atoms with Gasteiger partial charge in [0.2, 0.25) is 0 Å². The maximum atomic E-state index is 10.0. The van der Waals surface area contributed by atoms with Gasteiger partial charge in [-0.15, -0.1) is 0 Å². The Hall–Kier alpha value is -1.96. The summed E-state index contributed by atoms with van der Waals surface area (Å²) in [5, 5.41) is 20.1. The molecule has 2 saturated carbocycles. The van der Waals surface area contributed by atoms with Gasteiger partial charge in [-0.1, -0.05) is 49.9 Å². The van der Waals surface area contributed by atoms with Crippen LogP contribution in [0.25, 0.3) is 0 Å². The quantitative estimate of drug-likeness (QED) is 0.698. The predicted molar refractivity (Wildman–Crippen MR) is 106 cm³/mol. The number of aromatic hydroxyl groups is 2. The molecule has 2 heteroatoms. The number of rotatable bonds is 2. The molecule has 0 spiro atoms. The van der Waals surface area contributed by atoms with Crippen LogP contribution in [0.1, 0.15) is 67.2 Å². The topological polar surface area (TPSA) is 40.5 Å². The third-order valence-corrected chi connectivity index (χ3v) is 7.12. The van der Waals surface area contributed by atoms with Crippen LogP contribution in [0.4, 0.5) is 0 Å². The Morgan fingerprint density at radius 1 is 0.769 bits per heavy atom. The maximum absolute atomic E-state index is 10.0. The van der Waals surface area contributed by atoms with Crippen LogP contribution in [-0.2, 0) is 5.41 Å². The van der Waals surface area contributed by atoms with Gasteiger partial charge in [0.25, 0.3) is 0 Å². The van der Waals surface area contributed by atoms with Crippen molar-refractivity contribution in [2.45, 2.75) is 64.2 Å². The van der Waals surface area contributed by atoms with Crippen LogP contribution >= 0.6 is 0 Å². The van der Waals surface area contributed by atoms with E-state index in [2.05, 4.69) is 24.3 Å². The van der Waals surface area contributed by atoms with E-state index in [9.17, 15) is 10.2 Å². The van der Waals surface area contributed by atoms with E-state index < -0.39 is 0 Å². The van der Waals surface area contributed by atoms with E-state index in [0.717, 1.165) is 29.4 Å². The van der Waals surface area contributed by atoms with Crippen molar-refractivity contribution in [1.82, 2.24) is 0 Å². The highest BCUT2D eigenvalue weighted by atomic mass is 16.3. The van der Waals surface area contributed by atoms with E-state index in [0.29, 0.717) is 11.5 Å². The number of aryl methyl sites for hydroxylation is 2. The molecule has 26 heavy (non-hydrogen) atoms. The molecule has 4 rings (SSSR count). The van der Waals surface area contributed by atoms with Crippen molar-refractivity contribution in [2.24, 2.45) is 11.8 Å². The first-order valence-corrected chi connectivity index (χ1v) is 10.1.